The summed E-state index contributed by atoms with van der Waals surface area (Å²) in [4.78, 5) is 11.4. The zero-order valence-corrected chi connectivity index (χ0v) is 14.0. The van der Waals surface area contributed by atoms with Gasteiger partial charge in [-0.25, -0.2) is 9.37 Å². The highest BCUT2D eigenvalue weighted by atomic mass is 19.1. The largest absolute Gasteiger partial charge is 0.352 e. The van der Waals surface area contributed by atoms with Crippen LogP contribution in [0, 0.1) is 5.82 Å². The van der Waals surface area contributed by atoms with Crippen molar-refractivity contribution in [1.29, 1.82) is 0 Å². The highest BCUT2D eigenvalue weighted by Gasteiger charge is 2.20. The molecule has 5 nitrogen and oxygen atoms in total. The fourth-order valence-corrected chi connectivity index (χ4v) is 3.45. The van der Waals surface area contributed by atoms with Crippen LogP contribution in [0.15, 0.2) is 60.9 Å². The van der Waals surface area contributed by atoms with E-state index >= 15 is 0 Å². The van der Waals surface area contributed by atoms with Crippen molar-refractivity contribution >= 4 is 11.5 Å². The SMILES string of the molecule is Fc1ccc(-c2cc(N3CCc4ncccc4C3)n3nccc3n2)cc1. The van der Waals surface area contributed by atoms with Crippen molar-refractivity contribution in [3.8, 4) is 11.3 Å². The van der Waals surface area contributed by atoms with E-state index in [0.29, 0.717) is 0 Å². The van der Waals surface area contributed by atoms with Crippen LogP contribution in [0.1, 0.15) is 11.3 Å². The van der Waals surface area contributed by atoms with Crippen LogP contribution < -0.4 is 4.90 Å². The highest BCUT2D eigenvalue weighted by Crippen LogP contribution is 2.28. The van der Waals surface area contributed by atoms with Crippen molar-refractivity contribution in [2.45, 2.75) is 13.0 Å². The second-order valence-electron chi connectivity index (χ2n) is 6.39. The Morgan fingerprint density at radius 3 is 2.77 bits per heavy atom. The van der Waals surface area contributed by atoms with E-state index in [1.54, 1.807) is 18.3 Å². The molecule has 26 heavy (non-hydrogen) atoms. The third kappa shape index (κ3) is 2.50. The van der Waals surface area contributed by atoms with E-state index in [1.807, 2.05) is 28.9 Å². The lowest BCUT2D eigenvalue weighted by Gasteiger charge is -2.30. The lowest BCUT2D eigenvalue weighted by atomic mass is 10.1. The van der Waals surface area contributed by atoms with Crippen molar-refractivity contribution in [3.05, 3.63) is 78.0 Å². The summed E-state index contributed by atoms with van der Waals surface area (Å²) in [6.45, 7) is 1.65. The normalized spacial score (nSPS) is 13.8. The smallest absolute Gasteiger partial charge is 0.157 e. The molecule has 0 aliphatic carbocycles. The van der Waals surface area contributed by atoms with Crippen LogP contribution in [-0.4, -0.2) is 26.1 Å². The van der Waals surface area contributed by atoms with Gasteiger partial charge in [0.05, 0.1) is 11.9 Å². The van der Waals surface area contributed by atoms with Gasteiger partial charge in [0.1, 0.15) is 11.6 Å². The fraction of sp³-hybridized carbons (Fsp3) is 0.150. The molecule has 0 radical (unpaired) electrons. The van der Waals surface area contributed by atoms with E-state index < -0.39 is 0 Å². The molecule has 0 N–H and O–H groups in total. The minimum absolute atomic E-state index is 0.250. The molecule has 1 aliphatic heterocycles. The molecule has 1 aliphatic rings. The van der Waals surface area contributed by atoms with Gasteiger partial charge in [0.25, 0.3) is 0 Å². The molecule has 0 amide bonds. The Morgan fingerprint density at radius 1 is 1.00 bits per heavy atom. The monoisotopic (exact) mass is 345 g/mol. The Hall–Kier alpha value is -3.28. The topological polar surface area (TPSA) is 46.3 Å². The van der Waals surface area contributed by atoms with E-state index in [2.05, 4.69) is 26.0 Å². The Balaban J connectivity index is 1.61. The maximum Gasteiger partial charge on any atom is 0.157 e. The van der Waals surface area contributed by atoms with Gasteiger partial charge in [-0.15, -0.1) is 0 Å². The van der Waals surface area contributed by atoms with Crippen LogP contribution in [0.5, 0.6) is 0 Å². The first-order chi connectivity index (χ1) is 12.8. The number of hydrogen-bond donors (Lipinski definition) is 0. The predicted octanol–water partition coefficient (Wildman–Crippen LogP) is 3.49. The fourth-order valence-electron chi connectivity index (χ4n) is 3.45. The number of rotatable bonds is 2. The summed E-state index contributed by atoms with van der Waals surface area (Å²) in [6.07, 6.45) is 4.49. The summed E-state index contributed by atoms with van der Waals surface area (Å²) >= 11 is 0. The quantitative estimate of drug-likeness (QED) is 0.558. The van der Waals surface area contributed by atoms with Crippen LogP contribution in [-0.2, 0) is 13.0 Å². The maximum atomic E-state index is 13.3. The molecule has 128 valence electrons. The van der Waals surface area contributed by atoms with Gasteiger partial charge in [-0.2, -0.15) is 9.61 Å². The number of halogens is 1. The molecule has 4 aromatic rings. The summed E-state index contributed by atoms with van der Waals surface area (Å²) in [5.74, 6) is 0.730. The van der Waals surface area contributed by atoms with Crippen molar-refractivity contribution in [1.82, 2.24) is 19.6 Å². The molecule has 0 bridgehead atoms. The molecular weight excluding hydrogens is 329 g/mol. The summed E-state index contributed by atoms with van der Waals surface area (Å²) in [6, 6.07) is 14.4. The van der Waals surface area contributed by atoms with E-state index in [9.17, 15) is 4.39 Å². The number of aromatic nitrogens is 4. The first-order valence-electron chi connectivity index (χ1n) is 8.56. The molecule has 6 heteroatoms. The molecule has 0 unspecified atom stereocenters. The third-order valence-corrected chi connectivity index (χ3v) is 4.77. The summed E-state index contributed by atoms with van der Waals surface area (Å²) in [5, 5.41) is 4.44. The van der Waals surface area contributed by atoms with Crippen LogP contribution in [0.4, 0.5) is 10.2 Å². The van der Waals surface area contributed by atoms with Gasteiger partial charge in [-0.05, 0) is 35.9 Å². The lowest BCUT2D eigenvalue weighted by Crippen LogP contribution is -2.32. The van der Waals surface area contributed by atoms with Gasteiger partial charge < -0.3 is 4.90 Å². The summed E-state index contributed by atoms with van der Waals surface area (Å²) < 4.78 is 15.1. The first kappa shape index (κ1) is 15.0. The van der Waals surface area contributed by atoms with Crippen molar-refractivity contribution in [2.24, 2.45) is 0 Å². The number of anilines is 1. The van der Waals surface area contributed by atoms with Crippen LogP contribution in [0.25, 0.3) is 16.9 Å². The lowest BCUT2D eigenvalue weighted by molar-refractivity contribution is 0.628. The van der Waals surface area contributed by atoms with Gasteiger partial charge in [-0.1, -0.05) is 6.07 Å². The Labute approximate surface area is 149 Å². The molecule has 3 aromatic heterocycles. The number of fused-ring (bicyclic) bond motifs is 2. The van der Waals surface area contributed by atoms with E-state index in [-0.39, 0.29) is 5.82 Å². The molecule has 1 aromatic carbocycles. The highest BCUT2D eigenvalue weighted by molar-refractivity contribution is 5.67. The van der Waals surface area contributed by atoms with Crippen LogP contribution in [0.3, 0.4) is 0 Å². The van der Waals surface area contributed by atoms with Gasteiger partial charge in [0.15, 0.2) is 5.65 Å². The van der Waals surface area contributed by atoms with Crippen molar-refractivity contribution < 1.29 is 4.39 Å². The van der Waals surface area contributed by atoms with Gasteiger partial charge in [-0.3, -0.25) is 4.98 Å². The Morgan fingerprint density at radius 2 is 1.88 bits per heavy atom. The van der Waals surface area contributed by atoms with E-state index in [4.69, 9.17) is 0 Å². The zero-order valence-electron chi connectivity index (χ0n) is 14.0. The Bertz CT molecular complexity index is 1090. The summed E-state index contributed by atoms with van der Waals surface area (Å²) in [5.41, 5.74) is 4.87. The van der Waals surface area contributed by atoms with Crippen LogP contribution >= 0.6 is 0 Å². The summed E-state index contributed by atoms with van der Waals surface area (Å²) in [7, 11) is 0. The zero-order chi connectivity index (χ0) is 17.5. The number of hydrogen-bond acceptors (Lipinski definition) is 4. The molecule has 0 spiro atoms. The number of pyridine rings is 1. The molecule has 4 heterocycles. The van der Waals surface area contributed by atoms with E-state index in [1.165, 1.54) is 17.7 Å². The second kappa shape index (κ2) is 5.91. The van der Waals surface area contributed by atoms with Crippen molar-refractivity contribution in [2.75, 3.05) is 11.4 Å². The third-order valence-electron chi connectivity index (χ3n) is 4.77. The first-order valence-corrected chi connectivity index (χ1v) is 8.56. The van der Waals surface area contributed by atoms with E-state index in [0.717, 1.165) is 47.9 Å². The van der Waals surface area contributed by atoms with Gasteiger partial charge in [0.2, 0.25) is 0 Å². The molecule has 0 atom stereocenters. The predicted molar refractivity (Wildman–Crippen MR) is 97.4 cm³/mol. The van der Waals surface area contributed by atoms with Gasteiger partial charge in [0, 0.05) is 49.1 Å². The average Bonchev–Trinajstić information content (AvgIpc) is 3.16. The average molecular weight is 345 g/mol. The molecule has 0 saturated heterocycles. The minimum Gasteiger partial charge on any atom is -0.352 e. The number of nitrogens with zero attached hydrogens (tertiary/aromatic N) is 5. The molecule has 5 rings (SSSR count). The molecule has 0 fully saturated rings. The second-order valence-corrected chi connectivity index (χ2v) is 6.39. The molecular formula is C20H16FN5. The maximum absolute atomic E-state index is 13.3. The van der Waals surface area contributed by atoms with Crippen molar-refractivity contribution in [3.63, 3.8) is 0 Å². The standard InChI is InChI=1S/C20H16FN5/c21-16-5-3-14(4-6-16)18-12-20(26-19(24-18)7-10-23-26)25-11-8-17-15(13-25)2-1-9-22-17/h1-7,9-10,12H,8,11,13H2. The number of benzene rings is 1. The van der Waals surface area contributed by atoms with Crippen LogP contribution in [0.2, 0.25) is 0 Å². The Kier molecular flexibility index (Phi) is 3.41. The minimum atomic E-state index is -0.250. The van der Waals surface area contributed by atoms with Gasteiger partial charge >= 0.3 is 0 Å². The molecule has 0 saturated carbocycles.